The van der Waals surface area contributed by atoms with Crippen LogP contribution in [0.25, 0.3) is 16.7 Å². The van der Waals surface area contributed by atoms with Crippen molar-refractivity contribution in [3.05, 3.63) is 58.1 Å². The van der Waals surface area contributed by atoms with Crippen molar-refractivity contribution < 1.29 is 4.39 Å². The van der Waals surface area contributed by atoms with E-state index in [1.807, 2.05) is 10.6 Å². The second kappa shape index (κ2) is 5.24. The van der Waals surface area contributed by atoms with Crippen molar-refractivity contribution in [1.29, 1.82) is 0 Å². The van der Waals surface area contributed by atoms with Crippen molar-refractivity contribution in [1.82, 2.24) is 9.55 Å². The Bertz CT molecular complexity index is 798. The van der Waals surface area contributed by atoms with E-state index < -0.39 is 5.82 Å². The summed E-state index contributed by atoms with van der Waals surface area (Å²) < 4.78 is 15.1. The van der Waals surface area contributed by atoms with Crippen LogP contribution in [0.3, 0.4) is 0 Å². The Kier molecular flexibility index (Phi) is 3.59. The minimum Gasteiger partial charge on any atom is -0.295 e. The number of hydrogen-bond donors (Lipinski definition) is 0. The van der Waals surface area contributed by atoms with Gasteiger partial charge in [-0.3, -0.25) is 4.57 Å². The summed E-state index contributed by atoms with van der Waals surface area (Å²) in [5.74, 6) is 0.406. The molecule has 0 radical (unpaired) electrons. The fraction of sp³-hybridized carbons (Fsp3) is 0.0714. The predicted octanol–water partition coefficient (Wildman–Crippen LogP) is 5.21. The summed E-state index contributed by atoms with van der Waals surface area (Å²) in [6.45, 7) is 0. The molecule has 2 aromatic carbocycles. The largest absolute Gasteiger partial charge is 0.295 e. The Balaban J connectivity index is 2.30. The lowest BCUT2D eigenvalue weighted by atomic mass is 10.2. The normalized spacial score (nSPS) is 11.2. The van der Waals surface area contributed by atoms with Gasteiger partial charge in [0.25, 0.3) is 0 Å². The number of hydrogen-bond acceptors (Lipinski definition) is 1. The Morgan fingerprint density at radius 1 is 1.10 bits per heavy atom. The molecular formula is C14H8Cl3FN2. The van der Waals surface area contributed by atoms with Gasteiger partial charge in [0.05, 0.1) is 21.9 Å². The molecular weight excluding hydrogens is 322 g/mol. The number of fused-ring (bicyclic) bond motifs is 1. The summed E-state index contributed by atoms with van der Waals surface area (Å²) in [5, 5.41) is 0.652. The Hall–Kier alpha value is -1.29. The van der Waals surface area contributed by atoms with Crippen molar-refractivity contribution in [2.45, 2.75) is 5.88 Å². The number of benzene rings is 2. The maximum atomic E-state index is 13.3. The molecule has 0 fully saturated rings. The van der Waals surface area contributed by atoms with Gasteiger partial charge in [0.15, 0.2) is 0 Å². The van der Waals surface area contributed by atoms with Crippen LogP contribution in [-0.4, -0.2) is 9.55 Å². The zero-order valence-electron chi connectivity index (χ0n) is 10.1. The fourth-order valence-corrected chi connectivity index (χ4v) is 2.63. The van der Waals surface area contributed by atoms with Gasteiger partial charge in [-0.1, -0.05) is 23.2 Å². The molecule has 0 atom stereocenters. The number of alkyl halides is 1. The molecule has 1 aromatic heterocycles. The highest BCUT2D eigenvalue weighted by molar-refractivity contribution is 6.31. The second-order valence-electron chi connectivity index (χ2n) is 4.23. The standard InChI is InChI=1S/C14H8Cl3FN2/c15-7-14-19-12-5-8(16)1-4-13(12)20(14)9-2-3-11(18)10(17)6-9/h1-6H,7H2. The van der Waals surface area contributed by atoms with Gasteiger partial charge in [0.2, 0.25) is 0 Å². The van der Waals surface area contributed by atoms with E-state index in [-0.39, 0.29) is 10.9 Å². The van der Waals surface area contributed by atoms with Gasteiger partial charge in [0, 0.05) is 10.7 Å². The van der Waals surface area contributed by atoms with Crippen LogP contribution in [0.4, 0.5) is 4.39 Å². The Morgan fingerprint density at radius 2 is 1.90 bits per heavy atom. The Morgan fingerprint density at radius 3 is 2.60 bits per heavy atom. The highest BCUT2D eigenvalue weighted by Gasteiger charge is 2.13. The molecule has 1 heterocycles. The molecule has 0 aliphatic carbocycles. The van der Waals surface area contributed by atoms with Gasteiger partial charge in [-0.25, -0.2) is 9.37 Å². The minimum absolute atomic E-state index is 0.0545. The number of halogens is 4. The van der Waals surface area contributed by atoms with Crippen molar-refractivity contribution in [3.63, 3.8) is 0 Å². The van der Waals surface area contributed by atoms with E-state index in [9.17, 15) is 4.39 Å². The lowest BCUT2D eigenvalue weighted by Crippen LogP contribution is -1.99. The SMILES string of the molecule is Fc1ccc(-n2c(CCl)nc3cc(Cl)ccc32)cc1Cl. The maximum absolute atomic E-state index is 13.3. The van der Waals surface area contributed by atoms with Crippen LogP contribution in [0.2, 0.25) is 10.0 Å². The quantitative estimate of drug-likeness (QED) is 0.590. The van der Waals surface area contributed by atoms with E-state index >= 15 is 0 Å². The lowest BCUT2D eigenvalue weighted by Gasteiger charge is -2.08. The Labute approximate surface area is 129 Å². The molecule has 0 N–H and O–H groups in total. The van der Waals surface area contributed by atoms with E-state index in [1.54, 1.807) is 24.3 Å². The molecule has 20 heavy (non-hydrogen) atoms. The first-order valence-corrected chi connectivity index (χ1v) is 7.07. The van der Waals surface area contributed by atoms with Crippen LogP contribution in [-0.2, 0) is 5.88 Å². The van der Waals surface area contributed by atoms with Gasteiger partial charge in [-0.2, -0.15) is 0 Å². The zero-order valence-corrected chi connectivity index (χ0v) is 12.3. The molecule has 0 saturated heterocycles. The summed E-state index contributed by atoms with van der Waals surface area (Å²) in [4.78, 5) is 4.43. The van der Waals surface area contributed by atoms with Gasteiger partial charge >= 0.3 is 0 Å². The first-order valence-electron chi connectivity index (χ1n) is 5.78. The smallest absolute Gasteiger partial charge is 0.141 e. The van der Waals surface area contributed by atoms with Crippen LogP contribution < -0.4 is 0 Å². The third-order valence-electron chi connectivity index (χ3n) is 2.97. The van der Waals surface area contributed by atoms with Crippen molar-refractivity contribution in [3.8, 4) is 5.69 Å². The lowest BCUT2D eigenvalue weighted by molar-refractivity contribution is 0.628. The molecule has 0 spiro atoms. The molecule has 0 unspecified atom stereocenters. The first kappa shape index (κ1) is 13.7. The highest BCUT2D eigenvalue weighted by atomic mass is 35.5. The predicted molar refractivity (Wildman–Crippen MR) is 80.6 cm³/mol. The van der Waals surface area contributed by atoms with Gasteiger partial charge in [0.1, 0.15) is 11.6 Å². The number of aromatic nitrogens is 2. The third kappa shape index (κ3) is 2.26. The van der Waals surface area contributed by atoms with E-state index in [4.69, 9.17) is 34.8 Å². The van der Waals surface area contributed by atoms with E-state index in [2.05, 4.69) is 4.98 Å². The molecule has 2 nitrogen and oxygen atoms in total. The number of nitrogens with zero attached hydrogens (tertiary/aromatic N) is 2. The highest BCUT2D eigenvalue weighted by Crippen LogP contribution is 2.27. The van der Waals surface area contributed by atoms with E-state index in [0.29, 0.717) is 16.5 Å². The van der Waals surface area contributed by atoms with Crippen LogP contribution >= 0.6 is 34.8 Å². The maximum Gasteiger partial charge on any atom is 0.141 e. The molecule has 6 heteroatoms. The van der Waals surface area contributed by atoms with Crippen molar-refractivity contribution in [2.24, 2.45) is 0 Å². The second-order valence-corrected chi connectivity index (χ2v) is 5.34. The number of imidazole rings is 1. The van der Waals surface area contributed by atoms with E-state index in [0.717, 1.165) is 11.0 Å². The summed E-state index contributed by atoms with van der Waals surface area (Å²) in [6, 6.07) is 9.87. The molecule has 0 amide bonds. The van der Waals surface area contributed by atoms with Crippen LogP contribution in [0.15, 0.2) is 36.4 Å². The molecule has 102 valence electrons. The van der Waals surface area contributed by atoms with Gasteiger partial charge in [-0.05, 0) is 36.4 Å². The summed E-state index contributed by atoms with van der Waals surface area (Å²) in [7, 11) is 0. The van der Waals surface area contributed by atoms with Crippen molar-refractivity contribution >= 4 is 45.8 Å². The topological polar surface area (TPSA) is 17.8 Å². The molecule has 0 saturated carbocycles. The molecule has 0 bridgehead atoms. The average molecular weight is 330 g/mol. The zero-order chi connectivity index (χ0) is 14.3. The summed E-state index contributed by atoms with van der Waals surface area (Å²) in [6.07, 6.45) is 0. The van der Waals surface area contributed by atoms with Crippen LogP contribution in [0.1, 0.15) is 5.82 Å². The van der Waals surface area contributed by atoms with Crippen LogP contribution in [0, 0.1) is 5.82 Å². The van der Waals surface area contributed by atoms with Crippen LogP contribution in [0.5, 0.6) is 0 Å². The van der Waals surface area contributed by atoms with Gasteiger partial charge in [-0.15, -0.1) is 11.6 Å². The number of rotatable bonds is 2. The molecule has 3 aromatic rings. The minimum atomic E-state index is -0.463. The molecule has 0 aliphatic rings. The van der Waals surface area contributed by atoms with Crippen molar-refractivity contribution in [2.75, 3.05) is 0 Å². The summed E-state index contributed by atoms with van der Waals surface area (Å²) >= 11 is 17.7. The molecule has 3 rings (SSSR count). The fourth-order valence-electron chi connectivity index (χ4n) is 2.11. The van der Waals surface area contributed by atoms with Gasteiger partial charge < -0.3 is 0 Å². The first-order chi connectivity index (χ1) is 9.60. The summed E-state index contributed by atoms with van der Waals surface area (Å²) in [5.41, 5.74) is 2.28. The third-order valence-corrected chi connectivity index (χ3v) is 3.73. The monoisotopic (exact) mass is 328 g/mol. The van der Waals surface area contributed by atoms with E-state index in [1.165, 1.54) is 6.07 Å². The molecule has 0 aliphatic heterocycles. The average Bonchev–Trinajstić information content (AvgIpc) is 2.79.